The van der Waals surface area contributed by atoms with Gasteiger partial charge in [-0.3, -0.25) is 10.1 Å². The molecular weight excluding hydrogens is 386 g/mol. The van der Waals surface area contributed by atoms with Crippen LogP contribution in [0.2, 0.25) is 0 Å². The third-order valence-electron chi connectivity index (χ3n) is 3.97. The van der Waals surface area contributed by atoms with Crippen molar-refractivity contribution in [3.63, 3.8) is 0 Å². The van der Waals surface area contributed by atoms with Crippen LogP contribution in [0, 0.1) is 0 Å². The first-order chi connectivity index (χ1) is 14.1. The third-order valence-corrected chi connectivity index (χ3v) is 3.97. The highest BCUT2D eigenvalue weighted by Crippen LogP contribution is 2.16. The Morgan fingerprint density at radius 1 is 0.933 bits per heavy atom. The van der Waals surface area contributed by atoms with Crippen molar-refractivity contribution in [2.45, 2.75) is 38.8 Å². The van der Waals surface area contributed by atoms with Crippen molar-refractivity contribution in [1.82, 2.24) is 0 Å². The summed E-state index contributed by atoms with van der Waals surface area (Å²) < 4.78 is 9.84. The first kappa shape index (κ1) is 22.9. The van der Waals surface area contributed by atoms with Gasteiger partial charge in [-0.25, -0.2) is 9.59 Å². The van der Waals surface area contributed by atoms with Crippen molar-refractivity contribution >= 4 is 29.3 Å². The van der Waals surface area contributed by atoms with Gasteiger partial charge >= 0.3 is 12.1 Å². The molecule has 2 rings (SSSR count). The maximum Gasteiger partial charge on any atom is 0.411 e. The standard InChI is InChI=1S/C22H27N3O5/c1-22(2,3)30-20(27)15-7-11-16(12-8-15)24-19(26)18(23)13-14-5-9-17(10-6-14)25-21(28)29-4/h5-12,18H,13,23H2,1-4H3,(H,24,26)(H,25,28)/t18-/m0/s1. The van der Waals surface area contributed by atoms with E-state index in [1.165, 1.54) is 7.11 Å². The second-order valence-electron chi connectivity index (χ2n) is 7.69. The lowest BCUT2D eigenvalue weighted by Crippen LogP contribution is -2.37. The number of ether oxygens (including phenoxy) is 2. The van der Waals surface area contributed by atoms with E-state index >= 15 is 0 Å². The zero-order valence-corrected chi connectivity index (χ0v) is 17.5. The van der Waals surface area contributed by atoms with E-state index in [-0.39, 0.29) is 5.91 Å². The summed E-state index contributed by atoms with van der Waals surface area (Å²) in [6, 6.07) is 12.6. The number of esters is 1. The van der Waals surface area contributed by atoms with E-state index in [2.05, 4.69) is 15.4 Å². The molecule has 30 heavy (non-hydrogen) atoms. The van der Waals surface area contributed by atoms with E-state index in [0.29, 0.717) is 23.4 Å². The number of methoxy groups -OCH3 is 1. The van der Waals surface area contributed by atoms with Crippen LogP contribution in [0.15, 0.2) is 48.5 Å². The molecule has 0 radical (unpaired) electrons. The van der Waals surface area contributed by atoms with Gasteiger partial charge in [-0.2, -0.15) is 0 Å². The highest BCUT2D eigenvalue weighted by molar-refractivity contribution is 5.96. The van der Waals surface area contributed by atoms with Crippen molar-refractivity contribution in [3.8, 4) is 0 Å². The van der Waals surface area contributed by atoms with Crippen molar-refractivity contribution < 1.29 is 23.9 Å². The molecule has 0 unspecified atom stereocenters. The maximum absolute atomic E-state index is 12.4. The SMILES string of the molecule is COC(=O)Nc1ccc(C[C@H](N)C(=O)Nc2ccc(C(=O)OC(C)(C)C)cc2)cc1. The Morgan fingerprint density at radius 2 is 1.47 bits per heavy atom. The van der Waals surface area contributed by atoms with Crippen molar-refractivity contribution in [1.29, 1.82) is 0 Å². The summed E-state index contributed by atoms with van der Waals surface area (Å²) in [7, 11) is 1.28. The number of hydrogen-bond acceptors (Lipinski definition) is 6. The fourth-order valence-corrected chi connectivity index (χ4v) is 2.50. The van der Waals surface area contributed by atoms with Crippen molar-refractivity contribution in [2.75, 3.05) is 17.7 Å². The smallest absolute Gasteiger partial charge is 0.411 e. The number of carbonyl (C=O) groups is 3. The Balaban J connectivity index is 1.91. The lowest BCUT2D eigenvalue weighted by Gasteiger charge is -2.19. The molecule has 1 atom stereocenters. The van der Waals surface area contributed by atoms with Crippen LogP contribution in [0.1, 0.15) is 36.7 Å². The number of hydrogen-bond donors (Lipinski definition) is 3. The average Bonchev–Trinajstić information content (AvgIpc) is 2.68. The lowest BCUT2D eigenvalue weighted by atomic mass is 10.1. The van der Waals surface area contributed by atoms with Gasteiger partial charge in [0.1, 0.15) is 5.60 Å². The lowest BCUT2D eigenvalue weighted by molar-refractivity contribution is -0.117. The second kappa shape index (κ2) is 9.89. The van der Waals surface area contributed by atoms with Gasteiger partial charge in [-0.05, 0) is 69.2 Å². The minimum absolute atomic E-state index is 0.320. The Labute approximate surface area is 175 Å². The van der Waals surface area contributed by atoms with Gasteiger partial charge in [-0.1, -0.05) is 12.1 Å². The molecule has 0 bridgehead atoms. The van der Waals surface area contributed by atoms with E-state index in [4.69, 9.17) is 10.5 Å². The summed E-state index contributed by atoms with van der Waals surface area (Å²) in [5.74, 6) is -0.779. The van der Waals surface area contributed by atoms with Gasteiger partial charge in [0.15, 0.2) is 0 Å². The molecule has 160 valence electrons. The van der Waals surface area contributed by atoms with Crippen molar-refractivity contribution in [2.24, 2.45) is 5.73 Å². The molecule has 0 aliphatic heterocycles. The minimum Gasteiger partial charge on any atom is -0.456 e. The van der Waals surface area contributed by atoms with Crippen LogP contribution in [-0.4, -0.2) is 36.7 Å². The zero-order valence-electron chi connectivity index (χ0n) is 17.5. The predicted octanol–water partition coefficient (Wildman–Crippen LogP) is 3.33. The van der Waals surface area contributed by atoms with Gasteiger partial charge in [-0.15, -0.1) is 0 Å². The van der Waals surface area contributed by atoms with Crippen LogP contribution in [0.25, 0.3) is 0 Å². The van der Waals surface area contributed by atoms with E-state index in [0.717, 1.165) is 5.56 Å². The normalized spacial score (nSPS) is 11.9. The third kappa shape index (κ3) is 7.21. The van der Waals surface area contributed by atoms with Gasteiger partial charge in [0.05, 0.1) is 18.7 Å². The summed E-state index contributed by atoms with van der Waals surface area (Å²) in [6.07, 6.45) is -0.239. The Bertz CT molecular complexity index is 886. The molecule has 2 amide bonds. The number of rotatable bonds is 6. The number of nitrogens with two attached hydrogens (primary N) is 1. The van der Waals surface area contributed by atoms with Gasteiger partial charge in [0, 0.05) is 11.4 Å². The molecule has 4 N–H and O–H groups in total. The van der Waals surface area contributed by atoms with Crippen molar-refractivity contribution in [3.05, 3.63) is 59.7 Å². The molecule has 0 spiro atoms. The van der Waals surface area contributed by atoms with Crippen LogP contribution >= 0.6 is 0 Å². The van der Waals surface area contributed by atoms with E-state index < -0.39 is 23.7 Å². The summed E-state index contributed by atoms with van der Waals surface area (Å²) in [4.78, 5) is 35.6. The number of amides is 2. The fraction of sp³-hybridized carbons (Fsp3) is 0.318. The molecule has 2 aromatic rings. The molecule has 8 nitrogen and oxygen atoms in total. The molecule has 0 aromatic heterocycles. The zero-order chi connectivity index (χ0) is 22.3. The first-order valence-electron chi connectivity index (χ1n) is 9.41. The first-order valence-corrected chi connectivity index (χ1v) is 9.41. The fourth-order valence-electron chi connectivity index (χ4n) is 2.50. The molecule has 0 saturated heterocycles. The summed E-state index contributed by atoms with van der Waals surface area (Å²) in [6.45, 7) is 5.39. The van der Waals surface area contributed by atoms with Crippen LogP contribution in [-0.2, 0) is 20.7 Å². The summed E-state index contributed by atoms with van der Waals surface area (Å²) in [5, 5.41) is 5.28. The minimum atomic E-state index is -0.769. The summed E-state index contributed by atoms with van der Waals surface area (Å²) >= 11 is 0. The van der Waals surface area contributed by atoms with Crippen LogP contribution in [0.4, 0.5) is 16.2 Å². The van der Waals surface area contributed by atoms with E-state index in [9.17, 15) is 14.4 Å². The average molecular weight is 413 g/mol. The highest BCUT2D eigenvalue weighted by Gasteiger charge is 2.18. The molecule has 2 aromatic carbocycles. The molecule has 0 aliphatic rings. The van der Waals surface area contributed by atoms with E-state index in [1.54, 1.807) is 69.3 Å². The Hall–Kier alpha value is -3.39. The van der Waals surface area contributed by atoms with Crippen LogP contribution in [0.3, 0.4) is 0 Å². The number of carbonyl (C=O) groups excluding carboxylic acids is 3. The van der Waals surface area contributed by atoms with Crippen LogP contribution in [0.5, 0.6) is 0 Å². The second-order valence-corrected chi connectivity index (χ2v) is 7.69. The molecule has 0 saturated carbocycles. The highest BCUT2D eigenvalue weighted by atomic mass is 16.6. The largest absolute Gasteiger partial charge is 0.456 e. The number of anilines is 2. The number of nitrogens with one attached hydrogen (secondary N) is 2. The Morgan fingerprint density at radius 3 is 2.00 bits per heavy atom. The molecule has 8 heteroatoms. The molecule has 0 aliphatic carbocycles. The predicted molar refractivity (Wildman–Crippen MR) is 114 cm³/mol. The van der Waals surface area contributed by atoms with Gasteiger partial charge in [0.25, 0.3) is 0 Å². The monoisotopic (exact) mass is 413 g/mol. The number of benzene rings is 2. The van der Waals surface area contributed by atoms with E-state index in [1.807, 2.05) is 0 Å². The molecule has 0 heterocycles. The summed E-state index contributed by atoms with van der Waals surface area (Å²) in [5.41, 5.74) is 7.77. The van der Waals surface area contributed by atoms with Crippen LogP contribution < -0.4 is 16.4 Å². The molecule has 0 fully saturated rings. The van der Waals surface area contributed by atoms with Gasteiger partial charge in [0.2, 0.25) is 5.91 Å². The van der Waals surface area contributed by atoms with Gasteiger partial charge < -0.3 is 20.5 Å². The maximum atomic E-state index is 12.4. The molecular formula is C22H27N3O5. The Kier molecular flexibility index (Phi) is 7.54. The topological polar surface area (TPSA) is 120 Å². The quantitative estimate of drug-likeness (QED) is 0.625.